The normalized spacial score (nSPS) is 11.9. The summed E-state index contributed by atoms with van der Waals surface area (Å²) in [7, 11) is 0. The van der Waals surface area contributed by atoms with Crippen LogP contribution in [-0.2, 0) is 0 Å². The van der Waals surface area contributed by atoms with Gasteiger partial charge >= 0.3 is 0 Å². The number of fused-ring (bicyclic) bond motifs is 1. The summed E-state index contributed by atoms with van der Waals surface area (Å²) in [5, 5.41) is 15.5. The molecule has 0 bridgehead atoms. The number of nitro benzene ring substituents is 1. The van der Waals surface area contributed by atoms with Crippen molar-refractivity contribution in [2.75, 3.05) is 5.32 Å². The first-order chi connectivity index (χ1) is 13.6. The Morgan fingerprint density at radius 1 is 0.929 bits per heavy atom. The number of non-ortho nitro benzene ring substituents is 1. The summed E-state index contributed by atoms with van der Waals surface area (Å²) in [6.07, 6.45) is 0. The minimum atomic E-state index is -0.415. The Kier molecular flexibility index (Phi) is 4.68. The molecule has 1 N–H and O–H groups in total. The predicted octanol–water partition coefficient (Wildman–Crippen LogP) is 5.38. The van der Waals surface area contributed by atoms with Gasteiger partial charge in [0, 0.05) is 29.1 Å². The van der Waals surface area contributed by atoms with Gasteiger partial charge in [-0.25, -0.2) is 9.97 Å². The van der Waals surface area contributed by atoms with Crippen molar-refractivity contribution in [2.45, 2.75) is 13.0 Å². The van der Waals surface area contributed by atoms with Crippen molar-refractivity contribution in [1.82, 2.24) is 9.97 Å². The number of nitrogens with zero attached hydrogens (tertiary/aromatic N) is 3. The fraction of sp³-hybridized carbons (Fsp3) is 0.0909. The second-order valence-corrected chi connectivity index (χ2v) is 6.50. The molecule has 28 heavy (non-hydrogen) atoms. The third-order valence-electron chi connectivity index (χ3n) is 4.57. The van der Waals surface area contributed by atoms with Crippen molar-refractivity contribution in [2.24, 2.45) is 0 Å². The lowest BCUT2D eigenvalue weighted by molar-refractivity contribution is -0.384. The van der Waals surface area contributed by atoms with Crippen LogP contribution in [0.5, 0.6) is 0 Å². The van der Waals surface area contributed by atoms with Gasteiger partial charge in [-0.1, -0.05) is 54.6 Å². The number of rotatable bonds is 5. The van der Waals surface area contributed by atoms with Gasteiger partial charge in [-0.15, -0.1) is 0 Å². The zero-order chi connectivity index (χ0) is 19.5. The Bertz CT molecular complexity index is 1150. The van der Waals surface area contributed by atoms with Crippen molar-refractivity contribution in [1.29, 1.82) is 0 Å². The topological polar surface area (TPSA) is 81.0 Å². The van der Waals surface area contributed by atoms with Gasteiger partial charge in [-0.3, -0.25) is 10.1 Å². The number of hydrogen-bond acceptors (Lipinski definition) is 5. The molecule has 0 aliphatic heterocycles. The number of aromatic nitrogens is 2. The Hall–Kier alpha value is -3.80. The average molecular weight is 370 g/mol. The number of nitro groups is 1. The fourth-order valence-corrected chi connectivity index (χ4v) is 3.10. The molecule has 0 aliphatic carbocycles. The molecular formula is C22H18N4O2. The molecule has 6 heteroatoms. The largest absolute Gasteiger partial charge is 0.363 e. The molecule has 0 spiro atoms. The molecule has 1 heterocycles. The molecule has 0 amide bonds. The van der Waals surface area contributed by atoms with E-state index >= 15 is 0 Å². The number of para-hydroxylation sites is 1. The maximum absolute atomic E-state index is 11.1. The first-order valence-electron chi connectivity index (χ1n) is 8.95. The van der Waals surface area contributed by atoms with Gasteiger partial charge < -0.3 is 5.32 Å². The van der Waals surface area contributed by atoms with Gasteiger partial charge in [0.25, 0.3) is 5.69 Å². The van der Waals surface area contributed by atoms with Crippen molar-refractivity contribution >= 4 is 22.4 Å². The Balaban J connectivity index is 1.80. The molecular weight excluding hydrogens is 352 g/mol. The standard InChI is InChI=1S/C22H18N4O2/c1-15(16-8-3-2-4-9-16)23-22-19-12-5-6-13-20(19)24-21(25-22)17-10-7-11-18(14-17)26(27)28/h2-15H,1H3,(H,23,24,25)/t15-/m0/s1. The molecule has 0 fully saturated rings. The second-order valence-electron chi connectivity index (χ2n) is 6.50. The van der Waals surface area contributed by atoms with Gasteiger partial charge in [0.15, 0.2) is 5.82 Å². The molecule has 0 radical (unpaired) electrons. The van der Waals surface area contributed by atoms with E-state index in [1.54, 1.807) is 12.1 Å². The summed E-state index contributed by atoms with van der Waals surface area (Å²) in [5.41, 5.74) is 2.54. The molecule has 1 aromatic heterocycles. The average Bonchev–Trinajstić information content (AvgIpc) is 2.74. The highest BCUT2D eigenvalue weighted by atomic mass is 16.6. The maximum atomic E-state index is 11.1. The van der Waals surface area contributed by atoms with Crippen LogP contribution in [0.1, 0.15) is 18.5 Å². The van der Waals surface area contributed by atoms with Crippen LogP contribution < -0.4 is 5.32 Å². The van der Waals surface area contributed by atoms with Crippen LogP contribution in [0, 0.1) is 10.1 Å². The number of anilines is 1. The lowest BCUT2D eigenvalue weighted by Gasteiger charge is -2.17. The first kappa shape index (κ1) is 17.6. The zero-order valence-electron chi connectivity index (χ0n) is 15.2. The van der Waals surface area contributed by atoms with Crippen molar-refractivity contribution in [3.8, 4) is 11.4 Å². The third kappa shape index (κ3) is 3.53. The Morgan fingerprint density at radius 2 is 1.68 bits per heavy atom. The van der Waals surface area contributed by atoms with Crippen LogP contribution in [0.3, 0.4) is 0 Å². The summed E-state index contributed by atoms with van der Waals surface area (Å²) in [5.74, 6) is 1.15. The van der Waals surface area contributed by atoms with Gasteiger partial charge in [-0.2, -0.15) is 0 Å². The predicted molar refractivity (Wildman–Crippen MR) is 110 cm³/mol. The van der Waals surface area contributed by atoms with Crippen molar-refractivity contribution in [3.63, 3.8) is 0 Å². The maximum Gasteiger partial charge on any atom is 0.270 e. The van der Waals surface area contributed by atoms with E-state index < -0.39 is 4.92 Å². The number of nitrogens with one attached hydrogen (secondary N) is 1. The molecule has 3 aromatic carbocycles. The molecule has 138 valence electrons. The van der Waals surface area contributed by atoms with Crippen LogP contribution in [-0.4, -0.2) is 14.9 Å². The van der Waals surface area contributed by atoms with Crippen LogP contribution in [0.15, 0.2) is 78.9 Å². The highest BCUT2D eigenvalue weighted by molar-refractivity contribution is 5.90. The van der Waals surface area contributed by atoms with Crippen LogP contribution in [0.4, 0.5) is 11.5 Å². The van der Waals surface area contributed by atoms with E-state index in [2.05, 4.69) is 29.4 Å². The molecule has 4 rings (SSSR count). The van der Waals surface area contributed by atoms with E-state index in [0.29, 0.717) is 17.2 Å². The van der Waals surface area contributed by atoms with Crippen LogP contribution >= 0.6 is 0 Å². The van der Waals surface area contributed by atoms with E-state index in [0.717, 1.165) is 16.5 Å². The van der Waals surface area contributed by atoms with Gasteiger partial charge in [-0.05, 0) is 24.6 Å². The summed E-state index contributed by atoms with van der Waals surface area (Å²) >= 11 is 0. The molecule has 0 saturated heterocycles. The highest BCUT2D eigenvalue weighted by Gasteiger charge is 2.14. The van der Waals surface area contributed by atoms with E-state index in [-0.39, 0.29) is 11.7 Å². The molecule has 0 unspecified atom stereocenters. The van der Waals surface area contributed by atoms with Gasteiger partial charge in [0.2, 0.25) is 0 Å². The Morgan fingerprint density at radius 3 is 2.46 bits per heavy atom. The molecule has 0 aliphatic rings. The second kappa shape index (κ2) is 7.44. The highest BCUT2D eigenvalue weighted by Crippen LogP contribution is 2.29. The summed E-state index contributed by atoms with van der Waals surface area (Å²) in [4.78, 5) is 20.0. The van der Waals surface area contributed by atoms with E-state index in [4.69, 9.17) is 4.98 Å². The third-order valence-corrected chi connectivity index (χ3v) is 4.57. The summed E-state index contributed by atoms with van der Waals surface area (Å²) < 4.78 is 0. The minimum absolute atomic E-state index is 0.0152. The molecule has 4 aromatic rings. The quantitative estimate of drug-likeness (QED) is 0.377. The summed E-state index contributed by atoms with van der Waals surface area (Å²) in [6, 6.07) is 24.2. The first-order valence-corrected chi connectivity index (χ1v) is 8.95. The minimum Gasteiger partial charge on any atom is -0.363 e. The van der Waals surface area contributed by atoms with Gasteiger partial charge in [0.1, 0.15) is 5.82 Å². The van der Waals surface area contributed by atoms with Crippen LogP contribution in [0.25, 0.3) is 22.3 Å². The SMILES string of the molecule is C[C@H](Nc1nc(-c2cccc([N+](=O)[O-])c2)nc2ccccc12)c1ccccc1. The lowest BCUT2D eigenvalue weighted by Crippen LogP contribution is -2.09. The van der Waals surface area contributed by atoms with E-state index in [9.17, 15) is 10.1 Å². The number of benzene rings is 3. The fourth-order valence-electron chi connectivity index (χ4n) is 3.10. The van der Waals surface area contributed by atoms with Crippen LogP contribution in [0.2, 0.25) is 0 Å². The summed E-state index contributed by atoms with van der Waals surface area (Å²) in [6.45, 7) is 2.07. The number of hydrogen-bond donors (Lipinski definition) is 1. The molecule has 1 atom stereocenters. The monoisotopic (exact) mass is 370 g/mol. The molecule has 6 nitrogen and oxygen atoms in total. The Labute approximate surface area is 162 Å². The van der Waals surface area contributed by atoms with Crippen molar-refractivity contribution in [3.05, 3.63) is 94.5 Å². The van der Waals surface area contributed by atoms with E-state index in [1.165, 1.54) is 12.1 Å². The van der Waals surface area contributed by atoms with E-state index in [1.807, 2.05) is 42.5 Å². The zero-order valence-corrected chi connectivity index (χ0v) is 15.2. The van der Waals surface area contributed by atoms with Gasteiger partial charge in [0.05, 0.1) is 10.4 Å². The lowest BCUT2D eigenvalue weighted by atomic mass is 10.1. The van der Waals surface area contributed by atoms with Crippen molar-refractivity contribution < 1.29 is 4.92 Å². The molecule has 0 saturated carbocycles. The smallest absolute Gasteiger partial charge is 0.270 e.